The zero-order chi connectivity index (χ0) is 15.3. The highest BCUT2D eigenvalue weighted by atomic mass is 16.4. The smallest absolute Gasteiger partial charge is 0.317 e. The summed E-state index contributed by atoms with van der Waals surface area (Å²) in [6.07, 6.45) is -0.0324. The Hall–Kier alpha value is -1.30. The zero-order valence-electron chi connectivity index (χ0n) is 12.9. The van der Waals surface area contributed by atoms with E-state index in [1.165, 1.54) is 0 Å². The normalized spacial score (nSPS) is 18.4. The summed E-state index contributed by atoms with van der Waals surface area (Å²) in [5.41, 5.74) is 0. The van der Waals surface area contributed by atoms with Crippen molar-refractivity contribution in [3.8, 4) is 0 Å². The van der Waals surface area contributed by atoms with Gasteiger partial charge in [0.25, 0.3) is 0 Å². The predicted octanol–water partition coefficient (Wildman–Crippen LogP) is 1.22. The van der Waals surface area contributed by atoms with Crippen LogP contribution < -0.4 is 5.32 Å². The van der Waals surface area contributed by atoms with Gasteiger partial charge in [0.1, 0.15) is 0 Å². The monoisotopic (exact) mass is 285 g/mol. The van der Waals surface area contributed by atoms with E-state index in [9.17, 15) is 9.59 Å². The molecule has 6 nitrogen and oxygen atoms in total. The molecule has 0 aromatic heterocycles. The van der Waals surface area contributed by atoms with Gasteiger partial charge in [-0.05, 0) is 19.8 Å². The summed E-state index contributed by atoms with van der Waals surface area (Å²) in [4.78, 5) is 27.1. The summed E-state index contributed by atoms with van der Waals surface area (Å²) in [5, 5.41) is 11.7. The van der Waals surface area contributed by atoms with Gasteiger partial charge in [-0.25, -0.2) is 4.79 Å². The minimum atomic E-state index is -0.881. The summed E-state index contributed by atoms with van der Waals surface area (Å²) in [5.74, 6) is -0.777. The van der Waals surface area contributed by atoms with E-state index in [1.807, 2.05) is 13.8 Å². The lowest BCUT2D eigenvalue weighted by Gasteiger charge is -2.37. The lowest BCUT2D eigenvalue weighted by molar-refractivity contribution is -0.137. The van der Waals surface area contributed by atoms with Crippen molar-refractivity contribution in [3.63, 3.8) is 0 Å². The molecule has 20 heavy (non-hydrogen) atoms. The van der Waals surface area contributed by atoms with Crippen molar-refractivity contribution in [2.24, 2.45) is 5.92 Å². The van der Waals surface area contributed by atoms with E-state index < -0.39 is 5.97 Å². The van der Waals surface area contributed by atoms with Crippen molar-refractivity contribution in [2.45, 2.75) is 46.2 Å². The van der Waals surface area contributed by atoms with Crippen molar-refractivity contribution in [2.75, 3.05) is 26.2 Å². The van der Waals surface area contributed by atoms with Gasteiger partial charge >= 0.3 is 12.0 Å². The van der Waals surface area contributed by atoms with Gasteiger partial charge < -0.3 is 15.3 Å². The highest BCUT2D eigenvalue weighted by molar-refractivity contribution is 5.76. The first-order valence-electron chi connectivity index (χ1n) is 7.32. The lowest BCUT2D eigenvalue weighted by atomic mass is 10.0. The number of amides is 2. The summed E-state index contributed by atoms with van der Waals surface area (Å²) in [7, 11) is 0. The number of piperazine rings is 1. The minimum absolute atomic E-state index is 0.0324. The van der Waals surface area contributed by atoms with E-state index in [4.69, 9.17) is 5.11 Å². The number of aliphatic carboxylic acids is 1. The Labute approximate surface area is 121 Å². The van der Waals surface area contributed by atoms with Gasteiger partial charge in [-0.1, -0.05) is 13.8 Å². The average Bonchev–Trinajstić information content (AvgIpc) is 2.37. The summed E-state index contributed by atoms with van der Waals surface area (Å²) in [6.45, 7) is 11.3. The average molecular weight is 285 g/mol. The van der Waals surface area contributed by atoms with Crippen molar-refractivity contribution < 1.29 is 14.7 Å². The van der Waals surface area contributed by atoms with Gasteiger partial charge in [0.15, 0.2) is 0 Å². The number of hydrogen-bond acceptors (Lipinski definition) is 3. The Kier molecular flexibility index (Phi) is 6.26. The molecule has 1 unspecified atom stereocenters. The molecule has 0 spiro atoms. The molecule has 2 amide bonds. The first-order valence-corrected chi connectivity index (χ1v) is 7.32. The zero-order valence-corrected chi connectivity index (χ0v) is 12.9. The Morgan fingerprint density at radius 1 is 1.10 bits per heavy atom. The Morgan fingerprint density at radius 2 is 1.65 bits per heavy atom. The SMILES string of the molecule is CC(C)C(CC(=O)O)NC(=O)N1CCN(C(C)C)CC1. The number of carboxylic acids is 1. The van der Waals surface area contributed by atoms with Gasteiger partial charge in [0.2, 0.25) is 0 Å². The Balaban J connectivity index is 2.48. The molecule has 0 aromatic carbocycles. The van der Waals surface area contributed by atoms with Gasteiger partial charge in [0.05, 0.1) is 6.42 Å². The number of urea groups is 1. The van der Waals surface area contributed by atoms with E-state index in [0.717, 1.165) is 13.1 Å². The number of carboxylic acid groups (broad SMARTS) is 1. The predicted molar refractivity (Wildman–Crippen MR) is 77.7 cm³/mol. The summed E-state index contributed by atoms with van der Waals surface area (Å²) < 4.78 is 0. The third-order valence-corrected chi connectivity index (χ3v) is 3.84. The van der Waals surface area contributed by atoms with Gasteiger partial charge in [-0.15, -0.1) is 0 Å². The molecule has 116 valence electrons. The fourth-order valence-corrected chi connectivity index (χ4v) is 2.33. The van der Waals surface area contributed by atoms with Crippen molar-refractivity contribution in [1.82, 2.24) is 15.1 Å². The fraction of sp³-hybridized carbons (Fsp3) is 0.857. The number of carbonyl (C=O) groups is 2. The molecule has 0 saturated carbocycles. The number of rotatable bonds is 5. The molecule has 1 saturated heterocycles. The minimum Gasteiger partial charge on any atom is -0.481 e. The first kappa shape index (κ1) is 16.8. The highest BCUT2D eigenvalue weighted by Crippen LogP contribution is 2.09. The van der Waals surface area contributed by atoms with Crippen LogP contribution in [0.15, 0.2) is 0 Å². The van der Waals surface area contributed by atoms with Crippen LogP contribution in [-0.2, 0) is 4.79 Å². The molecule has 1 heterocycles. The van der Waals surface area contributed by atoms with Gasteiger partial charge in [0, 0.05) is 38.3 Å². The molecule has 2 N–H and O–H groups in total. The van der Waals surface area contributed by atoms with Crippen LogP contribution in [0.4, 0.5) is 4.79 Å². The second kappa shape index (κ2) is 7.47. The molecule has 0 bridgehead atoms. The van der Waals surface area contributed by atoms with Crippen LogP contribution in [0.5, 0.6) is 0 Å². The summed E-state index contributed by atoms with van der Waals surface area (Å²) >= 11 is 0. The van der Waals surface area contributed by atoms with Crippen LogP contribution >= 0.6 is 0 Å². The van der Waals surface area contributed by atoms with Crippen molar-refractivity contribution >= 4 is 12.0 Å². The second-order valence-corrected chi connectivity index (χ2v) is 6.01. The molecular formula is C14H27N3O3. The number of carbonyl (C=O) groups excluding carboxylic acids is 1. The maximum absolute atomic E-state index is 12.2. The topological polar surface area (TPSA) is 72.9 Å². The molecule has 0 aliphatic carbocycles. The lowest BCUT2D eigenvalue weighted by Crippen LogP contribution is -2.55. The third kappa shape index (κ3) is 5.00. The quantitative estimate of drug-likeness (QED) is 0.796. The van der Waals surface area contributed by atoms with Gasteiger partial charge in [-0.3, -0.25) is 9.69 Å². The summed E-state index contributed by atoms with van der Waals surface area (Å²) in [6, 6.07) is 0.0344. The van der Waals surface area contributed by atoms with Gasteiger partial charge in [-0.2, -0.15) is 0 Å². The molecule has 1 rings (SSSR count). The molecule has 1 fully saturated rings. The Morgan fingerprint density at radius 3 is 2.05 bits per heavy atom. The van der Waals surface area contributed by atoms with Crippen molar-refractivity contribution in [3.05, 3.63) is 0 Å². The largest absolute Gasteiger partial charge is 0.481 e. The molecule has 1 atom stereocenters. The Bertz CT molecular complexity index is 337. The highest BCUT2D eigenvalue weighted by Gasteiger charge is 2.25. The maximum atomic E-state index is 12.2. The molecule has 0 aromatic rings. The molecule has 1 aliphatic heterocycles. The van der Waals surface area contributed by atoms with E-state index in [2.05, 4.69) is 24.1 Å². The standard InChI is InChI=1S/C14H27N3O3/c1-10(2)12(9-13(18)19)15-14(20)17-7-5-16(6-8-17)11(3)4/h10-12H,5-9H2,1-4H3,(H,15,20)(H,18,19). The second-order valence-electron chi connectivity index (χ2n) is 6.01. The number of nitrogens with one attached hydrogen (secondary N) is 1. The molecule has 0 radical (unpaired) electrons. The number of nitrogens with zero attached hydrogens (tertiary/aromatic N) is 2. The van der Waals surface area contributed by atoms with Crippen LogP contribution in [0.25, 0.3) is 0 Å². The van der Waals surface area contributed by atoms with E-state index in [-0.39, 0.29) is 24.4 Å². The van der Waals surface area contributed by atoms with Crippen molar-refractivity contribution in [1.29, 1.82) is 0 Å². The van der Waals surface area contributed by atoms with Crippen LogP contribution in [0.3, 0.4) is 0 Å². The first-order chi connectivity index (χ1) is 9.31. The molecule has 6 heteroatoms. The molecule has 1 aliphatic rings. The maximum Gasteiger partial charge on any atom is 0.317 e. The fourth-order valence-electron chi connectivity index (χ4n) is 2.33. The molecular weight excluding hydrogens is 258 g/mol. The van der Waals surface area contributed by atoms with Crippen LogP contribution in [0.2, 0.25) is 0 Å². The van der Waals surface area contributed by atoms with Crippen LogP contribution in [-0.4, -0.2) is 65.2 Å². The van der Waals surface area contributed by atoms with Crippen LogP contribution in [0.1, 0.15) is 34.1 Å². The third-order valence-electron chi connectivity index (χ3n) is 3.84. The van der Waals surface area contributed by atoms with E-state index in [1.54, 1.807) is 4.90 Å². The number of hydrogen-bond donors (Lipinski definition) is 2. The van der Waals surface area contributed by atoms with E-state index >= 15 is 0 Å². The van der Waals surface area contributed by atoms with E-state index in [0.29, 0.717) is 19.1 Å². The van der Waals surface area contributed by atoms with Crippen LogP contribution in [0, 0.1) is 5.92 Å².